The molecule has 1 saturated heterocycles. The molecule has 9 heteroatoms. The van der Waals surface area contributed by atoms with Crippen molar-refractivity contribution in [1.82, 2.24) is 10.2 Å². The molecule has 1 aliphatic heterocycles. The van der Waals surface area contributed by atoms with Crippen molar-refractivity contribution >= 4 is 23.5 Å². The Kier molecular flexibility index (Phi) is 4.99. The van der Waals surface area contributed by atoms with Crippen LogP contribution in [0.5, 0.6) is 0 Å². The SMILES string of the molecule is CC1(c2ccc3c(c2)CCC3)NC(=O)N(CC(=O)Nc2cccc(C(F)(F)F)c2)C1=O. The first-order valence-electron chi connectivity index (χ1n) is 9.81. The maximum Gasteiger partial charge on any atom is 0.416 e. The van der Waals surface area contributed by atoms with Gasteiger partial charge in [-0.1, -0.05) is 24.3 Å². The van der Waals surface area contributed by atoms with Gasteiger partial charge >= 0.3 is 12.2 Å². The number of hydrogen-bond donors (Lipinski definition) is 2. The number of carbonyl (C=O) groups is 3. The Bertz CT molecular complexity index is 1080. The Morgan fingerprint density at radius 2 is 1.87 bits per heavy atom. The average Bonchev–Trinajstić information content (AvgIpc) is 3.26. The van der Waals surface area contributed by atoms with Gasteiger partial charge in [-0.05, 0) is 61.1 Å². The smallest absolute Gasteiger partial charge is 0.325 e. The molecule has 1 atom stereocenters. The summed E-state index contributed by atoms with van der Waals surface area (Å²) in [7, 11) is 0. The van der Waals surface area contributed by atoms with Gasteiger partial charge in [-0.25, -0.2) is 4.79 Å². The predicted octanol–water partition coefficient (Wildman–Crippen LogP) is 3.60. The molecule has 162 valence electrons. The van der Waals surface area contributed by atoms with Gasteiger partial charge in [0, 0.05) is 5.69 Å². The van der Waals surface area contributed by atoms with E-state index in [1.165, 1.54) is 11.6 Å². The molecule has 0 bridgehead atoms. The number of nitrogens with one attached hydrogen (secondary N) is 2. The number of anilines is 1. The zero-order valence-corrected chi connectivity index (χ0v) is 16.7. The molecule has 0 aromatic heterocycles. The number of amides is 4. The highest BCUT2D eigenvalue weighted by Crippen LogP contribution is 2.33. The molecule has 1 fully saturated rings. The number of imide groups is 1. The van der Waals surface area contributed by atoms with Gasteiger partial charge in [0.1, 0.15) is 12.1 Å². The molecule has 0 spiro atoms. The lowest BCUT2D eigenvalue weighted by atomic mass is 9.89. The van der Waals surface area contributed by atoms with E-state index in [0.717, 1.165) is 47.9 Å². The highest BCUT2D eigenvalue weighted by Gasteiger charge is 2.49. The summed E-state index contributed by atoms with van der Waals surface area (Å²) in [5.41, 5.74) is 0.693. The van der Waals surface area contributed by atoms with E-state index < -0.39 is 41.7 Å². The zero-order chi connectivity index (χ0) is 22.4. The summed E-state index contributed by atoms with van der Waals surface area (Å²) in [4.78, 5) is 38.6. The molecule has 2 N–H and O–H groups in total. The second-order valence-electron chi connectivity index (χ2n) is 7.91. The van der Waals surface area contributed by atoms with Crippen LogP contribution in [-0.4, -0.2) is 29.3 Å². The van der Waals surface area contributed by atoms with Crippen molar-refractivity contribution in [1.29, 1.82) is 0 Å². The van der Waals surface area contributed by atoms with Gasteiger partial charge < -0.3 is 10.6 Å². The summed E-state index contributed by atoms with van der Waals surface area (Å²) < 4.78 is 38.5. The largest absolute Gasteiger partial charge is 0.416 e. The van der Waals surface area contributed by atoms with Gasteiger partial charge in [-0.3, -0.25) is 14.5 Å². The maximum atomic E-state index is 13.0. The molecule has 2 aromatic rings. The van der Waals surface area contributed by atoms with E-state index >= 15 is 0 Å². The molecular formula is C22H20F3N3O3. The first kappa shape index (κ1) is 20.9. The van der Waals surface area contributed by atoms with Crippen LogP contribution in [0.15, 0.2) is 42.5 Å². The minimum atomic E-state index is -4.55. The second-order valence-corrected chi connectivity index (χ2v) is 7.91. The maximum absolute atomic E-state index is 13.0. The number of benzene rings is 2. The van der Waals surface area contributed by atoms with E-state index in [-0.39, 0.29) is 5.69 Å². The highest BCUT2D eigenvalue weighted by molar-refractivity contribution is 6.10. The number of rotatable bonds is 4. The fourth-order valence-corrected chi connectivity index (χ4v) is 4.04. The third-order valence-corrected chi connectivity index (χ3v) is 5.73. The van der Waals surface area contributed by atoms with Crippen molar-refractivity contribution in [3.8, 4) is 0 Å². The van der Waals surface area contributed by atoms with Crippen molar-refractivity contribution < 1.29 is 27.6 Å². The van der Waals surface area contributed by atoms with E-state index in [0.29, 0.717) is 5.56 Å². The van der Waals surface area contributed by atoms with Crippen LogP contribution >= 0.6 is 0 Å². The van der Waals surface area contributed by atoms with E-state index in [9.17, 15) is 27.6 Å². The van der Waals surface area contributed by atoms with Crippen molar-refractivity contribution in [2.24, 2.45) is 0 Å². The Hall–Kier alpha value is -3.36. The number of carbonyl (C=O) groups excluding carboxylic acids is 3. The third-order valence-electron chi connectivity index (χ3n) is 5.73. The lowest BCUT2D eigenvalue weighted by molar-refractivity contribution is -0.137. The lowest BCUT2D eigenvalue weighted by Crippen LogP contribution is -2.42. The number of nitrogens with zero attached hydrogens (tertiary/aromatic N) is 1. The van der Waals surface area contributed by atoms with Crippen LogP contribution in [0.1, 0.15) is 35.6 Å². The van der Waals surface area contributed by atoms with Crippen LogP contribution in [0, 0.1) is 0 Å². The third kappa shape index (κ3) is 3.87. The van der Waals surface area contributed by atoms with E-state index in [1.807, 2.05) is 12.1 Å². The second kappa shape index (κ2) is 7.40. The normalized spacial score (nSPS) is 20.6. The topological polar surface area (TPSA) is 78.5 Å². The lowest BCUT2D eigenvalue weighted by Gasteiger charge is -2.23. The highest BCUT2D eigenvalue weighted by atomic mass is 19.4. The van der Waals surface area contributed by atoms with Crippen molar-refractivity contribution in [3.05, 3.63) is 64.7 Å². The summed E-state index contributed by atoms with van der Waals surface area (Å²) in [5, 5.41) is 4.96. The molecule has 6 nitrogen and oxygen atoms in total. The Balaban J connectivity index is 1.49. The Morgan fingerprint density at radius 1 is 1.13 bits per heavy atom. The number of alkyl halides is 3. The number of urea groups is 1. The molecule has 2 aliphatic rings. The molecule has 4 rings (SSSR count). The van der Waals surface area contributed by atoms with Crippen LogP contribution in [0.25, 0.3) is 0 Å². The molecule has 2 aromatic carbocycles. The van der Waals surface area contributed by atoms with Gasteiger partial charge in [0.05, 0.1) is 5.56 Å². The minimum Gasteiger partial charge on any atom is -0.325 e. The Morgan fingerprint density at radius 3 is 2.61 bits per heavy atom. The first-order valence-corrected chi connectivity index (χ1v) is 9.81. The summed E-state index contributed by atoms with van der Waals surface area (Å²) in [6, 6.07) is 9.07. The molecular weight excluding hydrogens is 411 g/mol. The standard InChI is InChI=1S/C22H20F3N3O3/c1-21(15-9-8-13-4-2-5-14(13)10-15)19(30)28(20(31)27-21)12-18(29)26-17-7-3-6-16(11-17)22(23,24)25/h3,6-11H,2,4-5,12H2,1H3,(H,26,29)(H,27,31). The van der Waals surface area contributed by atoms with Gasteiger partial charge in [-0.2, -0.15) is 13.2 Å². The van der Waals surface area contributed by atoms with Crippen LogP contribution in [-0.2, 0) is 34.1 Å². The van der Waals surface area contributed by atoms with Crippen LogP contribution in [0.2, 0.25) is 0 Å². The zero-order valence-electron chi connectivity index (χ0n) is 16.7. The fraction of sp³-hybridized carbons (Fsp3) is 0.318. The number of halogens is 3. The van der Waals surface area contributed by atoms with Crippen LogP contribution < -0.4 is 10.6 Å². The van der Waals surface area contributed by atoms with Gasteiger partial charge in [0.25, 0.3) is 5.91 Å². The van der Waals surface area contributed by atoms with Crippen LogP contribution in [0.3, 0.4) is 0 Å². The summed E-state index contributed by atoms with van der Waals surface area (Å²) >= 11 is 0. The van der Waals surface area contributed by atoms with E-state index in [4.69, 9.17) is 0 Å². The molecule has 4 amide bonds. The average molecular weight is 431 g/mol. The molecule has 1 unspecified atom stereocenters. The molecule has 0 radical (unpaired) electrons. The number of aryl methyl sites for hydroxylation is 2. The van der Waals surface area contributed by atoms with Gasteiger partial charge in [0.2, 0.25) is 5.91 Å². The predicted molar refractivity (Wildman–Crippen MR) is 106 cm³/mol. The van der Waals surface area contributed by atoms with Crippen LogP contribution in [0.4, 0.5) is 23.7 Å². The monoisotopic (exact) mass is 431 g/mol. The molecule has 1 heterocycles. The van der Waals surface area contributed by atoms with Gasteiger partial charge in [-0.15, -0.1) is 0 Å². The summed E-state index contributed by atoms with van der Waals surface area (Å²) in [5.74, 6) is -1.37. The first-order chi connectivity index (χ1) is 14.6. The number of hydrogen-bond acceptors (Lipinski definition) is 3. The molecule has 31 heavy (non-hydrogen) atoms. The van der Waals surface area contributed by atoms with E-state index in [2.05, 4.69) is 10.6 Å². The molecule has 1 aliphatic carbocycles. The van der Waals surface area contributed by atoms with Crippen molar-refractivity contribution in [2.75, 3.05) is 11.9 Å². The summed E-state index contributed by atoms with van der Waals surface area (Å²) in [6.45, 7) is 0.968. The summed E-state index contributed by atoms with van der Waals surface area (Å²) in [6.07, 6.45) is -1.63. The molecule has 0 saturated carbocycles. The quantitative estimate of drug-likeness (QED) is 0.727. The van der Waals surface area contributed by atoms with Crippen molar-refractivity contribution in [3.63, 3.8) is 0 Å². The van der Waals surface area contributed by atoms with Gasteiger partial charge in [0.15, 0.2) is 0 Å². The number of fused-ring (bicyclic) bond motifs is 1. The Labute approximate surface area is 176 Å². The fourth-order valence-electron chi connectivity index (χ4n) is 4.04. The van der Waals surface area contributed by atoms with Crippen molar-refractivity contribution in [2.45, 2.75) is 37.9 Å². The van der Waals surface area contributed by atoms with E-state index in [1.54, 1.807) is 13.0 Å². The minimum absolute atomic E-state index is 0.0757.